The second-order valence-corrected chi connectivity index (χ2v) is 5.11. The van der Waals surface area contributed by atoms with Crippen LogP contribution >= 0.6 is 0 Å². The van der Waals surface area contributed by atoms with Crippen molar-refractivity contribution in [2.24, 2.45) is 0 Å². The molecule has 0 bridgehead atoms. The van der Waals surface area contributed by atoms with Gasteiger partial charge in [-0.2, -0.15) is 0 Å². The summed E-state index contributed by atoms with van der Waals surface area (Å²) in [5.74, 6) is 0. The van der Waals surface area contributed by atoms with Gasteiger partial charge in [0.25, 0.3) is 0 Å². The molecule has 1 atom stereocenters. The minimum absolute atomic E-state index is 0.317. The molecule has 0 aromatic heterocycles. The smallest absolute Gasteiger partial charge is 0.0826 e. The summed E-state index contributed by atoms with van der Waals surface area (Å²) in [5, 5.41) is 3.74. The van der Waals surface area contributed by atoms with Gasteiger partial charge in [-0.15, -0.1) is 0 Å². The summed E-state index contributed by atoms with van der Waals surface area (Å²) in [6, 6.07) is 0. The van der Waals surface area contributed by atoms with Gasteiger partial charge in [0.05, 0.1) is 12.7 Å². The fourth-order valence-electron chi connectivity index (χ4n) is 2.65. The number of rotatable bonds is 7. The largest absolute Gasteiger partial charge is 0.374 e. The Hall–Kier alpha value is -0.120. The number of likely N-dealkylation sites (N-methyl/N-ethyl adjacent to an activating group) is 1. The predicted octanol–water partition coefficient (Wildman–Crippen LogP) is 2.27. The Morgan fingerprint density at radius 2 is 1.82 bits per heavy atom. The molecule has 1 fully saturated rings. The Labute approximate surface area is 107 Å². The topological polar surface area (TPSA) is 24.5 Å². The lowest BCUT2D eigenvalue weighted by Gasteiger charge is -2.37. The predicted molar refractivity (Wildman–Crippen MR) is 73.5 cm³/mol. The van der Waals surface area contributed by atoms with Crippen molar-refractivity contribution in [3.05, 3.63) is 0 Å². The molecular formula is C14H30N2O. The number of morpholine rings is 1. The van der Waals surface area contributed by atoms with E-state index in [-0.39, 0.29) is 0 Å². The first-order valence-electron chi connectivity index (χ1n) is 7.28. The molecule has 1 N–H and O–H groups in total. The summed E-state index contributed by atoms with van der Waals surface area (Å²) in [4.78, 5) is 2.47. The molecule has 1 saturated heterocycles. The van der Waals surface area contributed by atoms with Gasteiger partial charge in [0, 0.05) is 25.2 Å². The average Bonchev–Trinajstić information content (AvgIpc) is 2.41. The van der Waals surface area contributed by atoms with Gasteiger partial charge in [-0.05, 0) is 25.8 Å². The van der Waals surface area contributed by atoms with Crippen molar-refractivity contribution in [3.63, 3.8) is 0 Å². The van der Waals surface area contributed by atoms with E-state index in [0.29, 0.717) is 11.6 Å². The van der Waals surface area contributed by atoms with Crippen LogP contribution in [-0.2, 0) is 4.74 Å². The second-order valence-electron chi connectivity index (χ2n) is 5.11. The Balaban J connectivity index is 2.38. The first kappa shape index (κ1) is 14.9. The molecule has 1 heterocycles. The number of ether oxygens (including phenoxy) is 1. The maximum atomic E-state index is 5.83. The Morgan fingerprint density at radius 3 is 2.35 bits per heavy atom. The fourth-order valence-corrected chi connectivity index (χ4v) is 2.65. The zero-order chi connectivity index (χ0) is 12.7. The standard InChI is InChI=1S/C14H30N2O/c1-5-14(6-2,7-3)15-11-13-12-16(8-4)9-10-17-13/h13,15H,5-12H2,1-4H3. The highest BCUT2D eigenvalue weighted by Crippen LogP contribution is 2.19. The van der Waals surface area contributed by atoms with E-state index in [4.69, 9.17) is 4.74 Å². The summed E-state index contributed by atoms with van der Waals surface area (Å²) in [6.45, 7) is 14.2. The van der Waals surface area contributed by atoms with Crippen molar-refractivity contribution in [2.75, 3.05) is 32.8 Å². The Morgan fingerprint density at radius 1 is 1.18 bits per heavy atom. The van der Waals surface area contributed by atoms with Crippen molar-refractivity contribution >= 4 is 0 Å². The minimum Gasteiger partial charge on any atom is -0.374 e. The molecule has 1 aliphatic heterocycles. The second kappa shape index (κ2) is 7.34. The van der Waals surface area contributed by atoms with Crippen LogP contribution in [0.1, 0.15) is 47.0 Å². The molecule has 102 valence electrons. The summed E-state index contributed by atoms with van der Waals surface area (Å²) in [7, 11) is 0. The van der Waals surface area contributed by atoms with Crippen LogP contribution in [0.25, 0.3) is 0 Å². The van der Waals surface area contributed by atoms with Crippen molar-refractivity contribution < 1.29 is 4.74 Å². The molecule has 0 aliphatic carbocycles. The number of nitrogens with zero attached hydrogens (tertiary/aromatic N) is 1. The SMILES string of the molecule is CCN1CCOC(CNC(CC)(CC)CC)C1. The fraction of sp³-hybridized carbons (Fsp3) is 1.00. The molecule has 0 spiro atoms. The molecular weight excluding hydrogens is 212 g/mol. The van der Waals surface area contributed by atoms with E-state index < -0.39 is 0 Å². The zero-order valence-corrected chi connectivity index (χ0v) is 12.1. The molecule has 0 radical (unpaired) electrons. The van der Waals surface area contributed by atoms with E-state index in [2.05, 4.69) is 37.9 Å². The molecule has 0 saturated carbocycles. The summed E-state index contributed by atoms with van der Waals surface area (Å²) in [6.07, 6.45) is 3.96. The first-order valence-corrected chi connectivity index (χ1v) is 7.28. The van der Waals surface area contributed by atoms with E-state index in [9.17, 15) is 0 Å². The molecule has 0 amide bonds. The van der Waals surface area contributed by atoms with Crippen molar-refractivity contribution in [3.8, 4) is 0 Å². The van der Waals surface area contributed by atoms with Crippen LogP contribution in [0.15, 0.2) is 0 Å². The third kappa shape index (κ3) is 4.23. The summed E-state index contributed by atoms with van der Waals surface area (Å²) < 4.78 is 5.83. The lowest BCUT2D eigenvalue weighted by atomic mass is 9.89. The third-order valence-electron chi connectivity index (χ3n) is 4.41. The van der Waals surface area contributed by atoms with Crippen molar-refractivity contribution in [1.82, 2.24) is 10.2 Å². The van der Waals surface area contributed by atoms with Gasteiger partial charge in [-0.25, -0.2) is 0 Å². The van der Waals surface area contributed by atoms with Crippen LogP contribution < -0.4 is 5.32 Å². The number of hydrogen-bond donors (Lipinski definition) is 1. The average molecular weight is 242 g/mol. The maximum Gasteiger partial charge on any atom is 0.0826 e. The van der Waals surface area contributed by atoms with Crippen LogP contribution in [0, 0.1) is 0 Å². The van der Waals surface area contributed by atoms with Crippen LogP contribution in [0.4, 0.5) is 0 Å². The van der Waals surface area contributed by atoms with Gasteiger partial charge in [0.15, 0.2) is 0 Å². The van der Waals surface area contributed by atoms with Crippen molar-refractivity contribution in [2.45, 2.75) is 58.6 Å². The normalized spacial score (nSPS) is 22.9. The molecule has 17 heavy (non-hydrogen) atoms. The van der Waals surface area contributed by atoms with Gasteiger partial charge in [-0.3, -0.25) is 4.90 Å². The molecule has 0 aromatic rings. The van der Waals surface area contributed by atoms with Crippen LogP contribution in [-0.4, -0.2) is 49.3 Å². The highest BCUT2D eigenvalue weighted by Gasteiger charge is 2.26. The summed E-state index contributed by atoms with van der Waals surface area (Å²) in [5.41, 5.74) is 0.317. The van der Waals surface area contributed by atoms with Gasteiger partial charge in [-0.1, -0.05) is 27.7 Å². The van der Waals surface area contributed by atoms with E-state index in [1.807, 2.05) is 0 Å². The molecule has 0 aromatic carbocycles. The molecule has 1 aliphatic rings. The van der Waals surface area contributed by atoms with Gasteiger partial charge in [0.2, 0.25) is 0 Å². The minimum atomic E-state index is 0.317. The van der Waals surface area contributed by atoms with Crippen molar-refractivity contribution in [1.29, 1.82) is 0 Å². The van der Waals surface area contributed by atoms with E-state index in [1.54, 1.807) is 0 Å². The van der Waals surface area contributed by atoms with E-state index in [0.717, 1.165) is 32.8 Å². The number of hydrogen-bond acceptors (Lipinski definition) is 3. The zero-order valence-electron chi connectivity index (χ0n) is 12.1. The van der Waals surface area contributed by atoms with Gasteiger partial charge < -0.3 is 10.1 Å². The lowest BCUT2D eigenvalue weighted by Crippen LogP contribution is -2.52. The van der Waals surface area contributed by atoms with E-state index >= 15 is 0 Å². The third-order valence-corrected chi connectivity index (χ3v) is 4.41. The van der Waals surface area contributed by atoms with E-state index in [1.165, 1.54) is 19.3 Å². The molecule has 3 nitrogen and oxygen atoms in total. The quantitative estimate of drug-likeness (QED) is 0.741. The van der Waals surface area contributed by atoms with Crippen LogP contribution in [0.3, 0.4) is 0 Å². The number of nitrogens with one attached hydrogen (secondary N) is 1. The Kier molecular flexibility index (Phi) is 6.45. The van der Waals surface area contributed by atoms with Gasteiger partial charge in [0.1, 0.15) is 0 Å². The summed E-state index contributed by atoms with van der Waals surface area (Å²) >= 11 is 0. The molecule has 3 heteroatoms. The molecule has 1 rings (SSSR count). The maximum absolute atomic E-state index is 5.83. The van der Waals surface area contributed by atoms with Crippen LogP contribution in [0.5, 0.6) is 0 Å². The molecule has 1 unspecified atom stereocenters. The van der Waals surface area contributed by atoms with Gasteiger partial charge >= 0.3 is 0 Å². The first-order chi connectivity index (χ1) is 8.19. The monoisotopic (exact) mass is 242 g/mol. The lowest BCUT2D eigenvalue weighted by molar-refractivity contribution is -0.0291. The highest BCUT2D eigenvalue weighted by molar-refractivity contribution is 4.86. The van der Waals surface area contributed by atoms with Crippen LogP contribution in [0.2, 0.25) is 0 Å². The Bertz CT molecular complexity index is 196. The highest BCUT2D eigenvalue weighted by atomic mass is 16.5.